The van der Waals surface area contributed by atoms with E-state index < -0.39 is 0 Å². The third kappa shape index (κ3) is 4.23. The highest BCUT2D eigenvalue weighted by Gasteiger charge is 2.06. The van der Waals surface area contributed by atoms with Crippen LogP contribution in [0.15, 0.2) is 36.4 Å². The van der Waals surface area contributed by atoms with Crippen molar-refractivity contribution in [3.63, 3.8) is 0 Å². The Kier molecular flexibility index (Phi) is 4.86. The van der Waals surface area contributed by atoms with E-state index in [2.05, 4.69) is 16.7 Å². The third-order valence-electron chi connectivity index (χ3n) is 3.31. The Hall–Kier alpha value is -2.00. The van der Waals surface area contributed by atoms with Crippen LogP contribution < -0.4 is 10.6 Å². The van der Waals surface area contributed by atoms with Gasteiger partial charge < -0.3 is 10.6 Å². The van der Waals surface area contributed by atoms with Crippen LogP contribution in [-0.4, -0.2) is 12.5 Å². The van der Waals surface area contributed by atoms with E-state index in [4.69, 9.17) is 11.6 Å². The predicted molar refractivity (Wildman–Crippen MR) is 89.2 cm³/mol. The Morgan fingerprint density at radius 2 is 1.67 bits per heavy atom. The third-order valence-corrected chi connectivity index (χ3v) is 3.54. The fourth-order valence-electron chi connectivity index (χ4n) is 2.03. The van der Waals surface area contributed by atoms with Crippen molar-refractivity contribution < 1.29 is 4.79 Å². The van der Waals surface area contributed by atoms with Crippen molar-refractivity contribution in [3.8, 4) is 0 Å². The van der Waals surface area contributed by atoms with Gasteiger partial charge in [0.1, 0.15) is 0 Å². The average molecular weight is 303 g/mol. The van der Waals surface area contributed by atoms with Gasteiger partial charge in [-0.3, -0.25) is 4.79 Å². The van der Waals surface area contributed by atoms with Crippen LogP contribution in [-0.2, 0) is 4.79 Å². The number of amides is 1. The summed E-state index contributed by atoms with van der Waals surface area (Å²) in [6.45, 7) is 6.20. The summed E-state index contributed by atoms with van der Waals surface area (Å²) in [5.41, 5.74) is 4.99. The van der Waals surface area contributed by atoms with Crippen LogP contribution in [0.1, 0.15) is 16.7 Å². The first kappa shape index (κ1) is 15.4. The molecule has 4 heteroatoms. The molecular weight excluding hydrogens is 284 g/mol. The molecule has 0 atom stereocenters. The maximum Gasteiger partial charge on any atom is 0.243 e. The largest absolute Gasteiger partial charge is 0.376 e. The number of benzene rings is 2. The van der Waals surface area contributed by atoms with Crippen molar-refractivity contribution in [1.29, 1.82) is 0 Å². The van der Waals surface area contributed by atoms with Gasteiger partial charge >= 0.3 is 0 Å². The van der Waals surface area contributed by atoms with Gasteiger partial charge in [-0.15, -0.1) is 0 Å². The van der Waals surface area contributed by atoms with E-state index in [1.807, 2.05) is 39.0 Å². The number of nitrogens with one attached hydrogen (secondary N) is 2. The molecule has 3 nitrogen and oxygen atoms in total. The molecule has 2 aromatic rings. The SMILES string of the molecule is Cc1ccc(C)c(NCC(=O)Nc2cc(Cl)ccc2C)c1. The van der Waals surface area contributed by atoms with Crippen molar-refractivity contribution in [1.82, 2.24) is 0 Å². The smallest absolute Gasteiger partial charge is 0.243 e. The highest BCUT2D eigenvalue weighted by molar-refractivity contribution is 6.31. The van der Waals surface area contributed by atoms with Crippen LogP contribution in [0.3, 0.4) is 0 Å². The normalized spacial score (nSPS) is 10.3. The molecule has 0 heterocycles. The van der Waals surface area contributed by atoms with Gasteiger partial charge in [-0.25, -0.2) is 0 Å². The Morgan fingerprint density at radius 3 is 2.43 bits per heavy atom. The first-order valence-electron chi connectivity index (χ1n) is 6.83. The number of hydrogen-bond donors (Lipinski definition) is 2. The maximum absolute atomic E-state index is 12.0. The van der Waals surface area contributed by atoms with Gasteiger partial charge in [0, 0.05) is 16.4 Å². The molecule has 0 fully saturated rings. The molecule has 2 aromatic carbocycles. The highest BCUT2D eigenvalue weighted by Crippen LogP contribution is 2.20. The summed E-state index contributed by atoms with van der Waals surface area (Å²) in [6.07, 6.45) is 0. The number of hydrogen-bond acceptors (Lipinski definition) is 2. The fourth-order valence-corrected chi connectivity index (χ4v) is 2.20. The number of rotatable bonds is 4. The quantitative estimate of drug-likeness (QED) is 0.883. The van der Waals surface area contributed by atoms with Gasteiger partial charge in [-0.05, 0) is 55.7 Å². The highest BCUT2D eigenvalue weighted by atomic mass is 35.5. The number of carbonyl (C=O) groups is 1. The number of anilines is 2. The summed E-state index contributed by atoms with van der Waals surface area (Å²) >= 11 is 5.94. The lowest BCUT2D eigenvalue weighted by Crippen LogP contribution is -2.22. The minimum absolute atomic E-state index is 0.0960. The van der Waals surface area contributed by atoms with E-state index in [1.54, 1.807) is 12.1 Å². The summed E-state index contributed by atoms with van der Waals surface area (Å²) < 4.78 is 0. The number of carbonyl (C=O) groups excluding carboxylic acids is 1. The zero-order chi connectivity index (χ0) is 15.4. The lowest BCUT2D eigenvalue weighted by atomic mass is 10.1. The second kappa shape index (κ2) is 6.64. The maximum atomic E-state index is 12.0. The van der Waals surface area contributed by atoms with Gasteiger partial charge in [0.25, 0.3) is 0 Å². The van der Waals surface area contributed by atoms with E-state index in [1.165, 1.54) is 0 Å². The molecule has 0 saturated heterocycles. The van der Waals surface area contributed by atoms with Crippen LogP contribution in [0.2, 0.25) is 5.02 Å². The van der Waals surface area contributed by atoms with Crippen LogP contribution in [0.25, 0.3) is 0 Å². The Morgan fingerprint density at radius 1 is 1.00 bits per heavy atom. The molecule has 110 valence electrons. The Labute approximate surface area is 130 Å². The standard InChI is InChI=1S/C17H19ClN2O/c1-11-4-5-12(2)15(8-11)19-10-17(21)20-16-9-14(18)7-6-13(16)3/h4-9,19H,10H2,1-3H3,(H,20,21). The molecule has 0 radical (unpaired) electrons. The molecule has 0 unspecified atom stereocenters. The fraction of sp³-hybridized carbons (Fsp3) is 0.235. The minimum Gasteiger partial charge on any atom is -0.376 e. The number of aryl methyl sites for hydroxylation is 3. The molecule has 0 aliphatic heterocycles. The zero-order valence-electron chi connectivity index (χ0n) is 12.5. The van der Waals surface area contributed by atoms with E-state index >= 15 is 0 Å². The summed E-state index contributed by atoms with van der Waals surface area (Å²) in [5, 5.41) is 6.64. The molecule has 0 aliphatic carbocycles. The van der Waals surface area contributed by atoms with Crippen molar-refractivity contribution in [2.24, 2.45) is 0 Å². The molecule has 0 aliphatic rings. The first-order valence-corrected chi connectivity index (χ1v) is 7.20. The second-order valence-corrected chi connectivity index (χ2v) is 5.62. The summed E-state index contributed by atoms with van der Waals surface area (Å²) in [6, 6.07) is 11.6. The topological polar surface area (TPSA) is 41.1 Å². The first-order chi connectivity index (χ1) is 9.95. The van der Waals surface area contributed by atoms with Crippen LogP contribution >= 0.6 is 11.6 Å². The predicted octanol–water partition coefficient (Wildman–Crippen LogP) is 4.32. The molecule has 2 N–H and O–H groups in total. The molecular formula is C17H19ClN2O. The van der Waals surface area contributed by atoms with Crippen molar-refractivity contribution in [2.75, 3.05) is 17.2 Å². The summed E-state index contributed by atoms with van der Waals surface area (Å²) in [7, 11) is 0. The second-order valence-electron chi connectivity index (χ2n) is 5.18. The van der Waals surface area contributed by atoms with Crippen molar-refractivity contribution >= 4 is 28.9 Å². The van der Waals surface area contributed by atoms with Gasteiger partial charge in [-0.1, -0.05) is 29.8 Å². The van der Waals surface area contributed by atoms with E-state index in [0.29, 0.717) is 5.02 Å². The van der Waals surface area contributed by atoms with Crippen LogP contribution in [0.5, 0.6) is 0 Å². The lowest BCUT2D eigenvalue weighted by molar-refractivity contribution is -0.114. The monoisotopic (exact) mass is 302 g/mol. The number of halogens is 1. The minimum atomic E-state index is -0.0960. The van der Waals surface area contributed by atoms with E-state index in [-0.39, 0.29) is 12.5 Å². The zero-order valence-corrected chi connectivity index (χ0v) is 13.2. The molecule has 0 bridgehead atoms. The molecule has 21 heavy (non-hydrogen) atoms. The summed E-state index contributed by atoms with van der Waals surface area (Å²) in [5.74, 6) is -0.0960. The van der Waals surface area contributed by atoms with Gasteiger partial charge in [0.2, 0.25) is 5.91 Å². The Balaban J connectivity index is 1.99. The molecule has 2 rings (SSSR count). The molecule has 1 amide bonds. The molecule has 0 aromatic heterocycles. The molecule has 0 saturated carbocycles. The lowest BCUT2D eigenvalue weighted by Gasteiger charge is -2.12. The van der Waals surface area contributed by atoms with E-state index in [0.717, 1.165) is 28.1 Å². The average Bonchev–Trinajstić information content (AvgIpc) is 2.44. The summed E-state index contributed by atoms with van der Waals surface area (Å²) in [4.78, 5) is 12.0. The van der Waals surface area contributed by atoms with E-state index in [9.17, 15) is 4.79 Å². The van der Waals surface area contributed by atoms with Crippen LogP contribution in [0.4, 0.5) is 11.4 Å². The van der Waals surface area contributed by atoms with Crippen molar-refractivity contribution in [3.05, 3.63) is 58.1 Å². The van der Waals surface area contributed by atoms with Gasteiger partial charge in [0.05, 0.1) is 6.54 Å². The van der Waals surface area contributed by atoms with Crippen LogP contribution in [0, 0.1) is 20.8 Å². The molecule has 0 spiro atoms. The van der Waals surface area contributed by atoms with Crippen molar-refractivity contribution in [2.45, 2.75) is 20.8 Å². The Bertz CT molecular complexity index is 668. The van der Waals surface area contributed by atoms with Gasteiger partial charge in [-0.2, -0.15) is 0 Å². The van der Waals surface area contributed by atoms with Gasteiger partial charge in [0.15, 0.2) is 0 Å².